The molecule has 0 spiro atoms. The van der Waals surface area contributed by atoms with E-state index in [1.807, 2.05) is 0 Å². The number of hydrogen-bond donors (Lipinski definition) is 1. The molecule has 2 rings (SSSR count). The molecule has 1 fully saturated rings. The highest BCUT2D eigenvalue weighted by molar-refractivity contribution is 5.66. The second-order valence-electron chi connectivity index (χ2n) is 6.84. The molecule has 0 aliphatic heterocycles. The van der Waals surface area contributed by atoms with E-state index in [-0.39, 0.29) is 5.41 Å². The summed E-state index contributed by atoms with van der Waals surface area (Å²) >= 11 is 0. The molecule has 1 aromatic carbocycles. The van der Waals surface area contributed by atoms with Gasteiger partial charge in [-0.25, -0.2) is 0 Å². The molecule has 2 heteroatoms. The maximum absolute atomic E-state index is 10.5. The maximum Gasteiger partial charge on any atom is 0.303 e. The number of carbonyl (C=O) groups is 1. The fraction of sp³-hybridized carbons (Fsp3) is 0.588. The minimum atomic E-state index is -0.669. The third-order valence-corrected chi connectivity index (χ3v) is 4.25. The highest BCUT2D eigenvalue weighted by Crippen LogP contribution is 2.44. The molecule has 104 valence electrons. The Kier molecular flexibility index (Phi) is 3.98. The number of carboxylic acids is 1. The normalized spacial score (nSPS) is 22.9. The van der Waals surface area contributed by atoms with Gasteiger partial charge in [0, 0.05) is 6.42 Å². The molecule has 0 radical (unpaired) electrons. The Morgan fingerprint density at radius 2 is 1.79 bits per heavy atom. The molecule has 0 atom stereocenters. The van der Waals surface area contributed by atoms with Crippen molar-refractivity contribution in [3.63, 3.8) is 0 Å². The molecular weight excluding hydrogens is 236 g/mol. The average molecular weight is 260 g/mol. The predicted octanol–water partition coefficient (Wildman–Crippen LogP) is 4.34. The van der Waals surface area contributed by atoms with E-state index in [1.165, 1.54) is 11.1 Å². The maximum atomic E-state index is 10.5. The summed E-state index contributed by atoms with van der Waals surface area (Å²) < 4.78 is 0. The van der Waals surface area contributed by atoms with Gasteiger partial charge in [-0.3, -0.25) is 4.79 Å². The van der Waals surface area contributed by atoms with Gasteiger partial charge >= 0.3 is 5.97 Å². The molecule has 0 aromatic heterocycles. The fourth-order valence-electron chi connectivity index (χ4n) is 2.83. The highest BCUT2D eigenvalue weighted by atomic mass is 16.4. The smallest absolute Gasteiger partial charge is 0.303 e. The Bertz CT molecular complexity index is 433. The van der Waals surface area contributed by atoms with Crippen molar-refractivity contribution < 1.29 is 9.90 Å². The van der Waals surface area contributed by atoms with Gasteiger partial charge < -0.3 is 5.11 Å². The van der Waals surface area contributed by atoms with Gasteiger partial charge in [-0.05, 0) is 47.6 Å². The van der Waals surface area contributed by atoms with Crippen molar-refractivity contribution in [2.75, 3.05) is 0 Å². The van der Waals surface area contributed by atoms with E-state index in [1.54, 1.807) is 0 Å². The summed E-state index contributed by atoms with van der Waals surface area (Å²) in [7, 11) is 0. The number of aliphatic carboxylic acids is 1. The Balaban J connectivity index is 1.87. The van der Waals surface area contributed by atoms with Crippen LogP contribution in [0.25, 0.3) is 0 Å². The number of hydrogen-bond acceptors (Lipinski definition) is 1. The van der Waals surface area contributed by atoms with Gasteiger partial charge in [0.2, 0.25) is 0 Å². The lowest BCUT2D eigenvalue weighted by molar-refractivity contribution is -0.137. The largest absolute Gasteiger partial charge is 0.481 e. The summed E-state index contributed by atoms with van der Waals surface area (Å²) in [6.45, 7) is 6.69. The monoisotopic (exact) mass is 260 g/mol. The van der Waals surface area contributed by atoms with Gasteiger partial charge in [-0.2, -0.15) is 0 Å². The molecular formula is C17H24O2. The molecule has 0 amide bonds. The van der Waals surface area contributed by atoms with Gasteiger partial charge in [-0.1, -0.05) is 45.0 Å². The van der Waals surface area contributed by atoms with E-state index < -0.39 is 5.97 Å². The molecule has 0 saturated heterocycles. The van der Waals surface area contributed by atoms with Gasteiger partial charge in [0.25, 0.3) is 0 Å². The molecule has 1 N–H and O–H groups in total. The van der Waals surface area contributed by atoms with Crippen LogP contribution in [0, 0.1) is 5.92 Å². The van der Waals surface area contributed by atoms with Crippen molar-refractivity contribution in [1.82, 2.24) is 0 Å². The molecule has 0 unspecified atom stereocenters. The van der Waals surface area contributed by atoms with E-state index >= 15 is 0 Å². The molecule has 19 heavy (non-hydrogen) atoms. The molecule has 0 bridgehead atoms. The van der Waals surface area contributed by atoms with Crippen LogP contribution in [0.4, 0.5) is 0 Å². The van der Waals surface area contributed by atoms with Crippen LogP contribution < -0.4 is 0 Å². The van der Waals surface area contributed by atoms with Crippen LogP contribution in [-0.2, 0) is 10.2 Å². The van der Waals surface area contributed by atoms with Crippen LogP contribution in [-0.4, -0.2) is 11.1 Å². The predicted molar refractivity (Wildman–Crippen MR) is 77.5 cm³/mol. The molecule has 1 aromatic rings. The number of rotatable bonds is 4. The minimum absolute atomic E-state index is 0.210. The number of carboxylic acid groups (broad SMARTS) is 1. The van der Waals surface area contributed by atoms with Crippen molar-refractivity contribution in [1.29, 1.82) is 0 Å². The SMILES string of the molecule is CC(C)(C)c1ccc(C2CC(CCC(=O)O)C2)cc1. The molecule has 1 saturated carbocycles. The summed E-state index contributed by atoms with van der Waals surface area (Å²) in [4.78, 5) is 10.5. The van der Waals surface area contributed by atoms with Crippen LogP contribution in [0.5, 0.6) is 0 Å². The van der Waals surface area contributed by atoms with Gasteiger partial charge in [0.1, 0.15) is 0 Å². The first-order valence-corrected chi connectivity index (χ1v) is 7.18. The van der Waals surface area contributed by atoms with Gasteiger partial charge in [0.15, 0.2) is 0 Å². The van der Waals surface area contributed by atoms with Crippen molar-refractivity contribution in [3.8, 4) is 0 Å². The van der Waals surface area contributed by atoms with E-state index in [9.17, 15) is 4.79 Å². The van der Waals surface area contributed by atoms with E-state index in [4.69, 9.17) is 5.11 Å². The standard InChI is InChI=1S/C17H24O2/c1-17(2,3)15-7-5-13(6-8-15)14-10-12(11-14)4-9-16(18)19/h5-8,12,14H,4,9-11H2,1-3H3,(H,18,19). The second-order valence-corrected chi connectivity index (χ2v) is 6.84. The van der Waals surface area contributed by atoms with Crippen LogP contribution in [0.1, 0.15) is 63.5 Å². The Hall–Kier alpha value is -1.31. The lowest BCUT2D eigenvalue weighted by atomic mass is 9.69. The zero-order chi connectivity index (χ0) is 14.0. The van der Waals surface area contributed by atoms with Gasteiger partial charge in [0.05, 0.1) is 0 Å². The summed E-state index contributed by atoms with van der Waals surface area (Å²) in [6, 6.07) is 8.97. The zero-order valence-electron chi connectivity index (χ0n) is 12.1. The third kappa shape index (κ3) is 3.59. The van der Waals surface area contributed by atoms with E-state index in [0.717, 1.165) is 19.3 Å². The molecule has 1 aliphatic carbocycles. The Morgan fingerprint density at radius 3 is 2.26 bits per heavy atom. The Morgan fingerprint density at radius 1 is 1.21 bits per heavy atom. The lowest BCUT2D eigenvalue weighted by Crippen LogP contribution is -2.22. The molecule has 0 heterocycles. The lowest BCUT2D eigenvalue weighted by Gasteiger charge is -2.36. The first-order valence-electron chi connectivity index (χ1n) is 7.18. The minimum Gasteiger partial charge on any atom is -0.481 e. The highest BCUT2D eigenvalue weighted by Gasteiger charge is 2.30. The Labute approximate surface area is 115 Å². The van der Waals surface area contributed by atoms with E-state index in [2.05, 4.69) is 45.0 Å². The summed E-state index contributed by atoms with van der Waals surface area (Å²) in [6.07, 6.45) is 3.47. The topological polar surface area (TPSA) is 37.3 Å². The van der Waals surface area contributed by atoms with Crippen LogP contribution >= 0.6 is 0 Å². The third-order valence-electron chi connectivity index (χ3n) is 4.25. The van der Waals surface area contributed by atoms with Crippen LogP contribution in [0.15, 0.2) is 24.3 Å². The van der Waals surface area contributed by atoms with Crippen LogP contribution in [0.2, 0.25) is 0 Å². The summed E-state index contributed by atoms with van der Waals surface area (Å²) in [5.74, 6) is 0.592. The first-order chi connectivity index (χ1) is 8.86. The molecule has 2 nitrogen and oxygen atoms in total. The van der Waals surface area contributed by atoms with E-state index in [0.29, 0.717) is 18.3 Å². The second kappa shape index (κ2) is 5.36. The summed E-state index contributed by atoms with van der Waals surface area (Å²) in [5.41, 5.74) is 3.00. The number of benzene rings is 1. The average Bonchev–Trinajstić information content (AvgIpc) is 2.26. The molecule has 1 aliphatic rings. The van der Waals surface area contributed by atoms with Crippen molar-refractivity contribution in [2.24, 2.45) is 5.92 Å². The first kappa shape index (κ1) is 14.1. The van der Waals surface area contributed by atoms with Crippen molar-refractivity contribution >= 4 is 5.97 Å². The van der Waals surface area contributed by atoms with Crippen molar-refractivity contribution in [3.05, 3.63) is 35.4 Å². The summed E-state index contributed by atoms with van der Waals surface area (Å²) in [5, 5.41) is 8.67. The quantitative estimate of drug-likeness (QED) is 0.874. The fourth-order valence-corrected chi connectivity index (χ4v) is 2.83. The van der Waals surface area contributed by atoms with Crippen LogP contribution in [0.3, 0.4) is 0 Å². The van der Waals surface area contributed by atoms with Gasteiger partial charge in [-0.15, -0.1) is 0 Å². The zero-order valence-corrected chi connectivity index (χ0v) is 12.1. The van der Waals surface area contributed by atoms with Crippen molar-refractivity contribution in [2.45, 2.75) is 57.8 Å².